The number of nitrogens with zero attached hydrogens (tertiary/aromatic N) is 2. The first-order chi connectivity index (χ1) is 15.7. The summed E-state index contributed by atoms with van der Waals surface area (Å²) in [4.78, 5) is 42.3. The second-order valence-electron chi connectivity index (χ2n) is 10.6. The van der Waals surface area contributed by atoms with Crippen LogP contribution in [0.2, 0.25) is 5.15 Å². The minimum atomic E-state index is -0.882. The number of amides is 3. The number of hydrogen-bond donors (Lipinski definition) is 2. The summed E-state index contributed by atoms with van der Waals surface area (Å²) in [6.45, 7) is 10.0. The fraction of sp³-hybridized carbons (Fsp3) is 0.652. The fourth-order valence-electron chi connectivity index (χ4n) is 3.98. The summed E-state index contributed by atoms with van der Waals surface area (Å²) in [5.41, 5.74) is -1.64. The maximum Gasteiger partial charge on any atom is 0.417 e. The van der Waals surface area contributed by atoms with Gasteiger partial charge in [-0.1, -0.05) is 24.4 Å². The molecule has 1 aromatic rings. The summed E-state index contributed by atoms with van der Waals surface area (Å²) in [6.07, 6.45) is 1.70. The van der Waals surface area contributed by atoms with E-state index in [1.165, 1.54) is 0 Å². The van der Waals surface area contributed by atoms with Gasteiger partial charge in [-0.05, 0) is 54.4 Å². The maximum atomic E-state index is 15.4. The summed E-state index contributed by atoms with van der Waals surface area (Å²) < 4.78 is 26.0. The molecule has 0 bridgehead atoms. The second-order valence-corrected chi connectivity index (χ2v) is 10.9. The minimum absolute atomic E-state index is 0.0224. The van der Waals surface area contributed by atoms with Crippen LogP contribution in [0.1, 0.15) is 83.1 Å². The van der Waals surface area contributed by atoms with Gasteiger partial charge in [0.15, 0.2) is 11.6 Å². The van der Waals surface area contributed by atoms with Crippen molar-refractivity contribution in [3.63, 3.8) is 0 Å². The van der Waals surface area contributed by atoms with Crippen molar-refractivity contribution in [1.82, 2.24) is 15.2 Å². The number of ether oxygens (including phenoxy) is 2. The van der Waals surface area contributed by atoms with Crippen molar-refractivity contribution in [2.75, 3.05) is 5.32 Å². The Hall–Kier alpha value is -2.62. The predicted octanol–water partition coefficient (Wildman–Crippen LogP) is 5.01. The molecule has 2 aliphatic rings. The summed E-state index contributed by atoms with van der Waals surface area (Å²) in [7, 11) is 0. The molecule has 2 heterocycles. The van der Waals surface area contributed by atoms with Gasteiger partial charge in [-0.25, -0.2) is 23.9 Å². The number of carbonyl (C=O) groups is 3. The Bertz CT molecular complexity index is 989. The van der Waals surface area contributed by atoms with Gasteiger partial charge in [0.25, 0.3) is 5.91 Å². The molecule has 0 radical (unpaired) electrons. The van der Waals surface area contributed by atoms with Crippen molar-refractivity contribution in [3.05, 3.63) is 22.1 Å². The van der Waals surface area contributed by atoms with Gasteiger partial charge in [0.1, 0.15) is 16.4 Å². The van der Waals surface area contributed by atoms with Crippen LogP contribution in [0.4, 0.5) is 19.8 Å². The molecule has 3 amide bonds. The topological polar surface area (TPSA) is 110 Å². The fourth-order valence-corrected chi connectivity index (χ4v) is 4.26. The highest BCUT2D eigenvalue weighted by Crippen LogP contribution is 2.35. The van der Waals surface area contributed by atoms with Crippen molar-refractivity contribution < 1.29 is 28.2 Å². The number of aromatic nitrogens is 1. The smallest absolute Gasteiger partial charge is 0.417 e. The highest BCUT2D eigenvalue weighted by molar-refractivity contribution is 6.33. The van der Waals surface area contributed by atoms with E-state index in [-0.39, 0.29) is 40.7 Å². The zero-order valence-corrected chi connectivity index (χ0v) is 21.1. The van der Waals surface area contributed by atoms with Gasteiger partial charge in [-0.2, -0.15) is 0 Å². The molecule has 0 saturated heterocycles. The molecule has 11 heteroatoms. The molecule has 2 N–H and O–H groups in total. The number of nitrogens with one attached hydrogen (secondary N) is 2. The molecule has 188 valence electrons. The molecule has 1 aromatic heterocycles. The number of anilines is 1. The van der Waals surface area contributed by atoms with Crippen LogP contribution in [0.5, 0.6) is 0 Å². The van der Waals surface area contributed by atoms with Gasteiger partial charge in [0.05, 0.1) is 18.2 Å². The highest BCUT2D eigenvalue weighted by atomic mass is 35.5. The second kappa shape index (κ2) is 9.56. The van der Waals surface area contributed by atoms with E-state index in [1.807, 2.05) is 0 Å². The van der Waals surface area contributed by atoms with Crippen molar-refractivity contribution in [3.8, 4) is 0 Å². The van der Waals surface area contributed by atoms with Crippen LogP contribution in [-0.2, 0) is 16.0 Å². The minimum Gasteiger partial charge on any atom is -0.444 e. The monoisotopic (exact) mass is 498 g/mol. The molecule has 0 aromatic carbocycles. The van der Waals surface area contributed by atoms with Crippen LogP contribution in [-0.4, -0.2) is 51.3 Å². The molecule has 3 rings (SSSR count). The lowest BCUT2D eigenvalue weighted by molar-refractivity contribution is 0.0246. The molecule has 2 atom stereocenters. The number of imide groups is 1. The third kappa shape index (κ3) is 6.08. The molecular formula is C23H32ClFN4O5. The van der Waals surface area contributed by atoms with Crippen LogP contribution < -0.4 is 10.6 Å². The average molecular weight is 499 g/mol. The predicted molar refractivity (Wildman–Crippen MR) is 124 cm³/mol. The lowest BCUT2D eigenvalue weighted by atomic mass is 9.90. The number of hydrogen-bond acceptors (Lipinski definition) is 7. The first-order valence-electron chi connectivity index (χ1n) is 11.3. The molecule has 1 fully saturated rings. The molecular weight excluding hydrogens is 467 g/mol. The zero-order chi connectivity index (χ0) is 25.4. The van der Waals surface area contributed by atoms with Gasteiger partial charge in [0, 0.05) is 11.6 Å². The van der Waals surface area contributed by atoms with Crippen LogP contribution >= 0.6 is 11.6 Å². The van der Waals surface area contributed by atoms with Gasteiger partial charge in [-0.15, -0.1) is 0 Å². The number of alkyl carbamates (subject to hydrolysis) is 1. The van der Waals surface area contributed by atoms with Gasteiger partial charge < -0.3 is 20.1 Å². The number of carbonyl (C=O) groups excluding carboxylic acids is 3. The first kappa shape index (κ1) is 26.0. The number of halogens is 2. The maximum absolute atomic E-state index is 15.4. The highest BCUT2D eigenvalue weighted by Gasteiger charge is 2.40. The Kier molecular flexibility index (Phi) is 7.31. The standard InChI is InChI=1S/C23H32ClFN4O5/c1-22(2,3)33-20(31)27-14-10-8-7-9-13(14)26-18-16(25)12-11-29(21(32)34-23(4,5)6)19(30)15(12)17(24)28-18/h13-14H,7-11H2,1-6H3,(H,26,28)(H,27,31). The van der Waals surface area contributed by atoms with E-state index in [1.54, 1.807) is 41.5 Å². The van der Waals surface area contributed by atoms with E-state index in [9.17, 15) is 14.4 Å². The largest absolute Gasteiger partial charge is 0.444 e. The molecule has 9 nitrogen and oxygen atoms in total. The third-order valence-electron chi connectivity index (χ3n) is 5.37. The summed E-state index contributed by atoms with van der Waals surface area (Å²) in [5.74, 6) is -1.65. The van der Waals surface area contributed by atoms with E-state index < -0.39 is 35.1 Å². The van der Waals surface area contributed by atoms with Crippen molar-refractivity contribution >= 4 is 35.5 Å². The zero-order valence-electron chi connectivity index (χ0n) is 20.4. The molecule has 1 aliphatic heterocycles. The van der Waals surface area contributed by atoms with E-state index in [0.29, 0.717) is 12.8 Å². The Morgan fingerprint density at radius 1 is 1.06 bits per heavy atom. The van der Waals surface area contributed by atoms with Gasteiger partial charge in [0.2, 0.25) is 0 Å². The number of pyridine rings is 1. The molecule has 0 spiro atoms. The Balaban J connectivity index is 1.80. The molecule has 1 saturated carbocycles. The van der Waals surface area contributed by atoms with Crippen molar-refractivity contribution in [2.45, 2.75) is 97.1 Å². The molecule has 34 heavy (non-hydrogen) atoms. The van der Waals surface area contributed by atoms with E-state index >= 15 is 4.39 Å². The van der Waals surface area contributed by atoms with Crippen molar-refractivity contribution in [2.24, 2.45) is 0 Å². The van der Waals surface area contributed by atoms with Crippen LogP contribution in [0.25, 0.3) is 0 Å². The lowest BCUT2D eigenvalue weighted by Gasteiger charge is -2.34. The van der Waals surface area contributed by atoms with E-state index in [4.69, 9.17) is 21.1 Å². The average Bonchev–Trinajstić information content (AvgIpc) is 3.03. The van der Waals surface area contributed by atoms with Crippen LogP contribution in [0.3, 0.4) is 0 Å². The Morgan fingerprint density at radius 3 is 2.24 bits per heavy atom. The number of rotatable bonds is 3. The van der Waals surface area contributed by atoms with Gasteiger partial charge >= 0.3 is 12.2 Å². The van der Waals surface area contributed by atoms with Gasteiger partial charge in [-0.3, -0.25) is 4.79 Å². The molecule has 2 unspecified atom stereocenters. The first-order valence-corrected chi connectivity index (χ1v) is 11.7. The SMILES string of the molecule is CC(C)(C)OC(=O)NC1CCCCC1Nc1nc(Cl)c2c(c1F)CN(C(=O)OC(C)(C)C)C2=O. The Morgan fingerprint density at radius 2 is 1.65 bits per heavy atom. The van der Waals surface area contributed by atoms with Crippen LogP contribution in [0.15, 0.2) is 0 Å². The van der Waals surface area contributed by atoms with E-state index in [0.717, 1.165) is 17.7 Å². The van der Waals surface area contributed by atoms with Crippen LogP contribution in [0, 0.1) is 5.82 Å². The quantitative estimate of drug-likeness (QED) is 0.563. The molecule has 1 aliphatic carbocycles. The van der Waals surface area contributed by atoms with E-state index in [2.05, 4.69) is 15.6 Å². The lowest BCUT2D eigenvalue weighted by Crippen LogP contribution is -2.50. The van der Waals surface area contributed by atoms with Crippen molar-refractivity contribution in [1.29, 1.82) is 0 Å². The normalized spacial score (nSPS) is 20.6. The number of fused-ring (bicyclic) bond motifs is 1. The summed E-state index contributed by atoms with van der Waals surface area (Å²) in [6, 6.07) is -0.631. The third-order valence-corrected chi connectivity index (χ3v) is 5.64. The summed E-state index contributed by atoms with van der Waals surface area (Å²) >= 11 is 6.25. The Labute approximate surface area is 203 Å². The summed E-state index contributed by atoms with van der Waals surface area (Å²) in [5, 5.41) is 5.69.